The van der Waals surface area contributed by atoms with Gasteiger partial charge in [-0.1, -0.05) is 0 Å². The first-order valence-electron chi connectivity index (χ1n) is 5.76. The first-order chi connectivity index (χ1) is 10.0. The minimum Gasteiger partial charge on any atom is -0.278 e. The highest BCUT2D eigenvalue weighted by atomic mass is 19.4. The van der Waals surface area contributed by atoms with Crippen molar-refractivity contribution in [1.29, 1.82) is 5.26 Å². The Bertz CT molecular complexity index is 846. The van der Waals surface area contributed by atoms with Gasteiger partial charge in [0.05, 0.1) is 5.69 Å². The first-order valence-corrected chi connectivity index (χ1v) is 5.76. The summed E-state index contributed by atoms with van der Waals surface area (Å²) in [6.07, 6.45) is -0.740. The zero-order chi connectivity index (χ0) is 15.0. The molecule has 0 aliphatic rings. The number of hydrogen-bond acceptors (Lipinski definition) is 4. The Morgan fingerprint density at radius 3 is 2.71 bits per heavy atom. The molecule has 0 aliphatic carbocycles. The molecule has 0 N–H and O–H groups in total. The lowest BCUT2D eigenvalue weighted by molar-refractivity contribution is -0.142. The van der Waals surface area contributed by atoms with Gasteiger partial charge in [-0.3, -0.25) is 9.38 Å². The van der Waals surface area contributed by atoms with Crippen LogP contribution in [0.5, 0.6) is 0 Å². The molecule has 0 unspecified atom stereocenters. The van der Waals surface area contributed by atoms with Gasteiger partial charge in [0, 0.05) is 18.0 Å². The maximum Gasteiger partial charge on any atom is 0.431 e. The predicted molar refractivity (Wildman–Crippen MR) is 65.9 cm³/mol. The third kappa shape index (κ3) is 2.18. The van der Waals surface area contributed by atoms with Gasteiger partial charge in [0.25, 0.3) is 0 Å². The molecule has 0 aliphatic heterocycles. The zero-order valence-electron chi connectivity index (χ0n) is 10.3. The summed E-state index contributed by atoms with van der Waals surface area (Å²) < 4.78 is 40.2. The summed E-state index contributed by atoms with van der Waals surface area (Å²) in [6, 6.07) is 5.82. The Balaban J connectivity index is 2.36. The Kier molecular flexibility index (Phi) is 2.83. The SMILES string of the molecule is N#Cc1ncn2c(C(F)(F)F)cc(-c3cccnc3)nc12. The van der Waals surface area contributed by atoms with E-state index in [9.17, 15) is 13.2 Å². The fraction of sp³-hybridized carbons (Fsp3) is 0.0769. The predicted octanol–water partition coefficient (Wildman–Crippen LogP) is 2.68. The van der Waals surface area contributed by atoms with E-state index in [-0.39, 0.29) is 17.0 Å². The van der Waals surface area contributed by atoms with Crippen LogP contribution in [0.3, 0.4) is 0 Å². The minimum absolute atomic E-state index is 0.0833. The summed E-state index contributed by atoms with van der Waals surface area (Å²) in [7, 11) is 0. The van der Waals surface area contributed by atoms with Crippen LogP contribution in [-0.4, -0.2) is 19.4 Å². The van der Waals surface area contributed by atoms with Gasteiger partial charge in [-0.25, -0.2) is 9.97 Å². The second-order valence-corrected chi connectivity index (χ2v) is 4.16. The van der Waals surface area contributed by atoms with Gasteiger partial charge in [-0.15, -0.1) is 0 Å². The van der Waals surface area contributed by atoms with Crippen molar-refractivity contribution in [2.24, 2.45) is 0 Å². The van der Waals surface area contributed by atoms with E-state index < -0.39 is 11.9 Å². The van der Waals surface area contributed by atoms with Crippen LogP contribution in [0.15, 0.2) is 36.9 Å². The van der Waals surface area contributed by atoms with Crippen molar-refractivity contribution in [3.05, 3.63) is 48.3 Å². The fourth-order valence-electron chi connectivity index (χ4n) is 1.93. The Morgan fingerprint density at radius 1 is 1.29 bits per heavy atom. The van der Waals surface area contributed by atoms with Crippen LogP contribution in [0, 0.1) is 11.3 Å². The molecule has 0 radical (unpaired) electrons. The lowest BCUT2D eigenvalue weighted by Gasteiger charge is -2.11. The molecule has 21 heavy (non-hydrogen) atoms. The number of hydrogen-bond donors (Lipinski definition) is 0. The van der Waals surface area contributed by atoms with E-state index in [1.807, 2.05) is 0 Å². The van der Waals surface area contributed by atoms with E-state index in [1.54, 1.807) is 18.2 Å². The average molecular weight is 289 g/mol. The summed E-state index contributed by atoms with van der Waals surface area (Å²) >= 11 is 0. The Hall–Kier alpha value is -2.95. The molecule has 8 heteroatoms. The second kappa shape index (κ2) is 4.56. The van der Waals surface area contributed by atoms with Crippen LogP contribution in [0.25, 0.3) is 16.9 Å². The normalized spacial score (nSPS) is 11.5. The van der Waals surface area contributed by atoms with E-state index >= 15 is 0 Å². The van der Waals surface area contributed by atoms with Crippen molar-refractivity contribution in [3.8, 4) is 17.3 Å². The third-order valence-electron chi connectivity index (χ3n) is 2.86. The third-order valence-corrected chi connectivity index (χ3v) is 2.86. The molecule has 0 fully saturated rings. The number of imidazole rings is 1. The standard InChI is InChI=1S/C13H6F3N5/c14-13(15,16)11-4-9(8-2-1-3-18-6-8)20-12-10(5-17)19-7-21(11)12/h1-4,6-7H. The van der Waals surface area contributed by atoms with E-state index in [0.717, 1.165) is 16.8 Å². The molecule has 0 amide bonds. The van der Waals surface area contributed by atoms with Gasteiger partial charge in [0.15, 0.2) is 11.3 Å². The second-order valence-electron chi connectivity index (χ2n) is 4.16. The van der Waals surface area contributed by atoms with Crippen LogP contribution in [0.2, 0.25) is 0 Å². The monoisotopic (exact) mass is 289 g/mol. The van der Waals surface area contributed by atoms with Gasteiger partial charge in [0.2, 0.25) is 0 Å². The van der Waals surface area contributed by atoms with E-state index in [0.29, 0.717) is 5.56 Å². The van der Waals surface area contributed by atoms with Gasteiger partial charge >= 0.3 is 6.18 Å². The number of aromatic nitrogens is 4. The number of alkyl halides is 3. The largest absolute Gasteiger partial charge is 0.431 e. The molecule has 0 bridgehead atoms. The zero-order valence-corrected chi connectivity index (χ0v) is 10.3. The van der Waals surface area contributed by atoms with Crippen LogP contribution in [-0.2, 0) is 6.18 Å². The lowest BCUT2D eigenvalue weighted by Crippen LogP contribution is -2.12. The maximum absolute atomic E-state index is 13.2. The summed E-state index contributed by atoms with van der Waals surface area (Å²) in [6.45, 7) is 0. The van der Waals surface area contributed by atoms with Crippen molar-refractivity contribution in [3.63, 3.8) is 0 Å². The molecule has 3 rings (SSSR count). The summed E-state index contributed by atoms with van der Waals surface area (Å²) in [5, 5.41) is 8.92. The fourth-order valence-corrected chi connectivity index (χ4v) is 1.93. The van der Waals surface area contributed by atoms with Crippen molar-refractivity contribution in [1.82, 2.24) is 19.4 Å². The molecule has 0 spiro atoms. The van der Waals surface area contributed by atoms with Crippen LogP contribution in [0.1, 0.15) is 11.4 Å². The molecule has 3 aromatic heterocycles. The highest BCUT2D eigenvalue weighted by Crippen LogP contribution is 2.32. The molecule has 0 saturated heterocycles. The van der Waals surface area contributed by atoms with Crippen molar-refractivity contribution in [2.45, 2.75) is 6.18 Å². The molecule has 0 saturated carbocycles. The number of fused-ring (bicyclic) bond motifs is 1. The van der Waals surface area contributed by atoms with Gasteiger partial charge in [-0.2, -0.15) is 18.4 Å². The molecule has 104 valence electrons. The highest BCUT2D eigenvalue weighted by molar-refractivity contribution is 5.64. The maximum atomic E-state index is 13.2. The topological polar surface area (TPSA) is 66.9 Å². The molecular weight excluding hydrogens is 283 g/mol. The van der Waals surface area contributed by atoms with Gasteiger partial charge in [0.1, 0.15) is 18.1 Å². The molecule has 0 aromatic carbocycles. The number of nitriles is 1. The van der Waals surface area contributed by atoms with Gasteiger partial charge < -0.3 is 0 Å². The van der Waals surface area contributed by atoms with Crippen LogP contribution >= 0.6 is 0 Å². The first kappa shape index (κ1) is 13.1. The quantitative estimate of drug-likeness (QED) is 0.690. The molecule has 0 atom stereocenters. The number of halogens is 3. The molecule has 3 aromatic rings. The van der Waals surface area contributed by atoms with Gasteiger partial charge in [-0.05, 0) is 18.2 Å². The van der Waals surface area contributed by atoms with E-state index in [2.05, 4.69) is 15.0 Å². The Morgan fingerprint density at radius 2 is 2.10 bits per heavy atom. The van der Waals surface area contributed by atoms with E-state index in [4.69, 9.17) is 5.26 Å². The molecule has 3 heterocycles. The summed E-state index contributed by atoms with van der Waals surface area (Å²) in [5.74, 6) is 0. The highest BCUT2D eigenvalue weighted by Gasteiger charge is 2.35. The minimum atomic E-state index is -4.59. The number of nitrogens with zero attached hydrogens (tertiary/aromatic N) is 5. The van der Waals surface area contributed by atoms with Crippen LogP contribution in [0.4, 0.5) is 13.2 Å². The number of rotatable bonds is 1. The van der Waals surface area contributed by atoms with E-state index in [1.165, 1.54) is 12.4 Å². The average Bonchev–Trinajstić information content (AvgIpc) is 2.89. The molecule has 5 nitrogen and oxygen atoms in total. The van der Waals surface area contributed by atoms with Crippen LogP contribution < -0.4 is 0 Å². The number of pyridine rings is 1. The molecular formula is C13H6F3N5. The smallest absolute Gasteiger partial charge is 0.278 e. The summed E-state index contributed by atoms with van der Waals surface area (Å²) in [5.41, 5.74) is -0.728. The van der Waals surface area contributed by atoms with Crippen molar-refractivity contribution >= 4 is 5.65 Å². The van der Waals surface area contributed by atoms with Crippen molar-refractivity contribution in [2.75, 3.05) is 0 Å². The summed E-state index contributed by atoms with van der Waals surface area (Å²) in [4.78, 5) is 11.6. The lowest BCUT2D eigenvalue weighted by atomic mass is 10.2. The Labute approximate surface area is 116 Å². The van der Waals surface area contributed by atoms with Crippen molar-refractivity contribution < 1.29 is 13.2 Å².